The second kappa shape index (κ2) is 6.95. The quantitative estimate of drug-likeness (QED) is 0.928. The third-order valence-corrected chi connectivity index (χ3v) is 3.96. The van der Waals surface area contributed by atoms with Crippen molar-refractivity contribution in [2.24, 2.45) is 5.73 Å². The van der Waals surface area contributed by atoms with Gasteiger partial charge in [-0.25, -0.2) is 0 Å². The lowest BCUT2D eigenvalue weighted by molar-refractivity contribution is -0.135. The number of nitrogens with zero attached hydrogens (tertiary/aromatic N) is 1. The number of hydrogen-bond donors (Lipinski definition) is 1. The van der Waals surface area contributed by atoms with Crippen LogP contribution in [0.2, 0.25) is 5.02 Å². The molecule has 1 heterocycles. The number of likely N-dealkylation sites (tertiary alicyclic amines) is 1. The molecule has 1 fully saturated rings. The van der Waals surface area contributed by atoms with Gasteiger partial charge in [-0.05, 0) is 31.9 Å². The first-order valence-corrected chi connectivity index (χ1v) is 7.38. The lowest BCUT2D eigenvalue weighted by Gasteiger charge is -2.36. The molecule has 0 saturated carbocycles. The van der Waals surface area contributed by atoms with E-state index in [1.807, 2.05) is 24.0 Å². The van der Waals surface area contributed by atoms with E-state index in [4.69, 9.17) is 22.1 Å². The average molecular weight is 297 g/mol. The van der Waals surface area contributed by atoms with Gasteiger partial charge in [0, 0.05) is 18.6 Å². The Bertz CT molecular complexity index is 467. The Kier molecular flexibility index (Phi) is 5.26. The summed E-state index contributed by atoms with van der Waals surface area (Å²) in [6, 6.07) is 7.71. The van der Waals surface area contributed by atoms with Gasteiger partial charge in [0.1, 0.15) is 5.75 Å². The molecule has 0 bridgehead atoms. The van der Waals surface area contributed by atoms with E-state index in [1.165, 1.54) is 0 Å². The Morgan fingerprint density at radius 3 is 2.95 bits per heavy atom. The predicted molar refractivity (Wildman–Crippen MR) is 79.9 cm³/mol. The SMILES string of the molecule is C[C@@H]1C[C@@H](N)CCN1C(=O)CCOc1ccccc1Cl. The van der Waals surface area contributed by atoms with Crippen LogP contribution in [0.25, 0.3) is 0 Å². The molecular formula is C15H21ClN2O2. The first-order chi connectivity index (χ1) is 9.58. The van der Waals surface area contributed by atoms with Crippen LogP contribution in [0.15, 0.2) is 24.3 Å². The monoisotopic (exact) mass is 296 g/mol. The Labute approximate surface area is 124 Å². The van der Waals surface area contributed by atoms with Gasteiger partial charge in [0.25, 0.3) is 0 Å². The normalized spacial score (nSPS) is 22.6. The summed E-state index contributed by atoms with van der Waals surface area (Å²) < 4.78 is 5.55. The van der Waals surface area contributed by atoms with Crippen LogP contribution in [0.1, 0.15) is 26.2 Å². The van der Waals surface area contributed by atoms with Crippen LogP contribution in [0, 0.1) is 0 Å². The first kappa shape index (κ1) is 15.1. The Balaban J connectivity index is 1.79. The van der Waals surface area contributed by atoms with Gasteiger partial charge < -0.3 is 15.4 Å². The van der Waals surface area contributed by atoms with E-state index in [9.17, 15) is 4.79 Å². The molecule has 0 unspecified atom stereocenters. The minimum absolute atomic E-state index is 0.122. The molecule has 2 N–H and O–H groups in total. The topological polar surface area (TPSA) is 55.6 Å². The van der Waals surface area contributed by atoms with Crippen molar-refractivity contribution in [2.75, 3.05) is 13.2 Å². The van der Waals surface area contributed by atoms with Gasteiger partial charge in [0.05, 0.1) is 18.1 Å². The Morgan fingerprint density at radius 2 is 2.25 bits per heavy atom. The summed E-state index contributed by atoms with van der Waals surface area (Å²) in [7, 11) is 0. The summed E-state index contributed by atoms with van der Waals surface area (Å²) in [5, 5.41) is 0.567. The van der Waals surface area contributed by atoms with Crippen molar-refractivity contribution in [3.05, 3.63) is 29.3 Å². The highest BCUT2D eigenvalue weighted by atomic mass is 35.5. The van der Waals surface area contributed by atoms with Crippen molar-refractivity contribution in [3.63, 3.8) is 0 Å². The minimum atomic E-state index is 0.122. The summed E-state index contributed by atoms with van der Waals surface area (Å²) in [4.78, 5) is 14.1. The summed E-state index contributed by atoms with van der Waals surface area (Å²) in [6.45, 7) is 3.14. The number of para-hydroxylation sites is 1. The van der Waals surface area contributed by atoms with Gasteiger partial charge in [0.15, 0.2) is 0 Å². The summed E-state index contributed by atoms with van der Waals surface area (Å²) >= 11 is 5.99. The Hall–Kier alpha value is -1.26. The second-order valence-electron chi connectivity index (χ2n) is 5.25. The van der Waals surface area contributed by atoms with Gasteiger partial charge in [0.2, 0.25) is 5.91 Å². The van der Waals surface area contributed by atoms with Gasteiger partial charge in [-0.3, -0.25) is 4.79 Å². The maximum Gasteiger partial charge on any atom is 0.226 e. The zero-order valence-corrected chi connectivity index (χ0v) is 12.5. The number of ether oxygens (including phenoxy) is 1. The largest absolute Gasteiger partial charge is 0.491 e. The van der Waals surface area contributed by atoms with Crippen molar-refractivity contribution in [2.45, 2.75) is 38.3 Å². The first-order valence-electron chi connectivity index (χ1n) is 7.00. The van der Waals surface area contributed by atoms with Crippen LogP contribution in [0.5, 0.6) is 5.75 Å². The number of nitrogens with two attached hydrogens (primary N) is 1. The molecule has 0 aromatic heterocycles. The van der Waals surface area contributed by atoms with E-state index in [2.05, 4.69) is 0 Å². The van der Waals surface area contributed by atoms with Crippen LogP contribution in [0.3, 0.4) is 0 Å². The third-order valence-electron chi connectivity index (χ3n) is 3.65. The van der Waals surface area contributed by atoms with Crippen molar-refractivity contribution < 1.29 is 9.53 Å². The molecule has 110 valence electrons. The molecule has 1 aromatic carbocycles. The van der Waals surface area contributed by atoms with E-state index >= 15 is 0 Å². The molecule has 20 heavy (non-hydrogen) atoms. The number of amides is 1. The molecule has 0 aliphatic carbocycles. The van der Waals surface area contributed by atoms with Gasteiger partial charge in [-0.2, -0.15) is 0 Å². The van der Waals surface area contributed by atoms with E-state index in [-0.39, 0.29) is 18.0 Å². The predicted octanol–water partition coefficient (Wildman–Crippen LogP) is 2.45. The fourth-order valence-electron chi connectivity index (χ4n) is 2.53. The maximum atomic E-state index is 12.2. The molecule has 0 spiro atoms. The lowest BCUT2D eigenvalue weighted by atomic mass is 9.99. The van der Waals surface area contributed by atoms with E-state index in [0.717, 1.165) is 19.4 Å². The van der Waals surface area contributed by atoms with Crippen LogP contribution >= 0.6 is 11.6 Å². The molecular weight excluding hydrogens is 276 g/mol. The highest BCUT2D eigenvalue weighted by Crippen LogP contribution is 2.23. The lowest BCUT2D eigenvalue weighted by Crippen LogP contribution is -2.48. The number of carbonyl (C=O) groups is 1. The molecule has 0 radical (unpaired) electrons. The number of rotatable bonds is 4. The molecule has 1 saturated heterocycles. The highest BCUT2D eigenvalue weighted by Gasteiger charge is 2.26. The van der Waals surface area contributed by atoms with Crippen molar-refractivity contribution >= 4 is 17.5 Å². The second-order valence-corrected chi connectivity index (χ2v) is 5.66. The molecule has 1 aromatic rings. The molecule has 5 heteroatoms. The molecule has 4 nitrogen and oxygen atoms in total. The minimum Gasteiger partial charge on any atom is -0.491 e. The van der Waals surface area contributed by atoms with Crippen molar-refractivity contribution in [1.29, 1.82) is 0 Å². The molecule has 2 rings (SSSR count). The smallest absolute Gasteiger partial charge is 0.226 e. The van der Waals surface area contributed by atoms with Gasteiger partial charge >= 0.3 is 0 Å². The van der Waals surface area contributed by atoms with Crippen molar-refractivity contribution in [3.8, 4) is 5.75 Å². The molecule has 2 atom stereocenters. The van der Waals surface area contributed by atoms with Crippen LogP contribution in [0.4, 0.5) is 0 Å². The highest BCUT2D eigenvalue weighted by molar-refractivity contribution is 6.32. The Morgan fingerprint density at radius 1 is 1.50 bits per heavy atom. The molecule has 1 amide bonds. The number of benzene rings is 1. The van der Waals surface area contributed by atoms with E-state index in [1.54, 1.807) is 12.1 Å². The van der Waals surface area contributed by atoms with Gasteiger partial charge in [-0.15, -0.1) is 0 Å². The summed E-state index contributed by atoms with van der Waals surface area (Å²) in [5.41, 5.74) is 5.90. The van der Waals surface area contributed by atoms with Crippen LogP contribution < -0.4 is 10.5 Å². The maximum absolute atomic E-state index is 12.2. The number of hydrogen-bond acceptors (Lipinski definition) is 3. The van der Waals surface area contributed by atoms with E-state index in [0.29, 0.717) is 23.8 Å². The zero-order chi connectivity index (χ0) is 14.5. The number of carbonyl (C=O) groups excluding carboxylic acids is 1. The summed E-state index contributed by atoms with van der Waals surface area (Å²) in [5.74, 6) is 0.743. The fraction of sp³-hybridized carbons (Fsp3) is 0.533. The van der Waals surface area contributed by atoms with Crippen LogP contribution in [-0.4, -0.2) is 36.0 Å². The zero-order valence-electron chi connectivity index (χ0n) is 11.7. The fourth-order valence-corrected chi connectivity index (χ4v) is 2.72. The molecule has 1 aliphatic rings. The standard InChI is InChI=1S/C15H21ClN2O2/c1-11-10-12(17)6-8-18(11)15(19)7-9-20-14-5-3-2-4-13(14)16/h2-5,11-12H,6-10,17H2,1H3/t11-,12+/m1/s1. The number of halogens is 1. The van der Waals surface area contributed by atoms with Crippen LogP contribution in [-0.2, 0) is 4.79 Å². The average Bonchev–Trinajstić information content (AvgIpc) is 2.40. The molecule has 1 aliphatic heterocycles. The number of piperidine rings is 1. The van der Waals surface area contributed by atoms with Crippen molar-refractivity contribution in [1.82, 2.24) is 4.90 Å². The third kappa shape index (κ3) is 3.87. The van der Waals surface area contributed by atoms with E-state index < -0.39 is 0 Å². The van der Waals surface area contributed by atoms with Gasteiger partial charge in [-0.1, -0.05) is 23.7 Å². The summed E-state index contributed by atoms with van der Waals surface area (Å²) in [6.07, 6.45) is 2.11.